The Morgan fingerprint density at radius 2 is 2.33 bits per heavy atom. The molecule has 2 aromatic rings. The molecule has 2 aliphatic rings. The van der Waals surface area contributed by atoms with Crippen LogP contribution < -0.4 is 5.32 Å². The smallest absolute Gasteiger partial charge is 0.274 e. The van der Waals surface area contributed by atoms with E-state index in [4.69, 9.17) is 4.74 Å². The molecule has 1 aromatic heterocycles. The summed E-state index contributed by atoms with van der Waals surface area (Å²) in [5.74, 6) is 0.136. The molecule has 3 heterocycles. The number of hydrogen-bond donors (Lipinski definition) is 3. The van der Waals surface area contributed by atoms with Gasteiger partial charge in [-0.15, -0.1) is 0 Å². The van der Waals surface area contributed by atoms with Crippen molar-refractivity contribution in [3.8, 4) is 5.75 Å². The molecule has 0 bridgehead atoms. The molecule has 1 unspecified atom stereocenters. The van der Waals surface area contributed by atoms with Crippen LogP contribution in [0.1, 0.15) is 33.4 Å². The Labute approximate surface area is 139 Å². The monoisotopic (exact) mass is 328 g/mol. The van der Waals surface area contributed by atoms with E-state index in [0.29, 0.717) is 31.9 Å². The van der Waals surface area contributed by atoms with Gasteiger partial charge in [0.15, 0.2) is 5.69 Å². The van der Waals surface area contributed by atoms with Crippen LogP contribution >= 0.6 is 0 Å². The minimum atomic E-state index is -0.234. The van der Waals surface area contributed by atoms with E-state index in [9.17, 15) is 9.90 Å². The third-order valence-corrected chi connectivity index (χ3v) is 4.60. The van der Waals surface area contributed by atoms with Crippen LogP contribution in [0, 0.1) is 0 Å². The molecular weight excluding hydrogens is 308 g/mol. The number of nitrogens with one attached hydrogen (secondary N) is 2. The SMILES string of the molecule is O=C(c1n[nH]c2c1CNCC2)N1CCOC(c2cccc(O)c2)C1. The normalized spacial score (nSPS) is 20.7. The lowest BCUT2D eigenvalue weighted by Gasteiger charge is -2.33. The average molecular weight is 328 g/mol. The van der Waals surface area contributed by atoms with Crippen molar-refractivity contribution in [1.29, 1.82) is 0 Å². The maximum Gasteiger partial charge on any atom is 0.274 e. The molecule has 0 aliphatic carbocycles. The molecule has 3 N–H and O–H groups in total. The first-order chi connectivity index (χ1) is 11.7. The van der Waals surface area contributed by atoms with E-state index >= 15 is 0 Å². The fraction of sp³-hybridized carbons (Fsp3) is 0.412. The first kappa shape index (κ1) is 15.2. The Bertz CT molecular complexity index is 758. The standard InChI is InChI=1S/C17H20N4O3/c22-12-3-1-2-11(8-12)15-10-21(6-7-24-15)17(23)16-13-9-18-5-4-14(13)19-20-16/h1-3,8,15,18,22H,4-7,9-10H2,(H,19,20). The molecule has 1 atom stereocenters. The van der Waals surface area contributed by atoms with Gasteiger partial charge in [-0.3, -0.25) is 9.89 Å². The number of aromatic amines is 1. The maximum atomic E-state index is 12.9. The second kappa shape index (κ2) is 6.26. The van der Waals surface area contributed by atoms with E-state index in [1.54, 1.807) is 23.1 Å². The molecule has 0 spiro atoms. The first-order valence-corrected chi connectivity index (χ1v) is 8.19. The van der Waals surface area contributed by atoms with Gasteiger partial charge >= 0.3 is 0 Å². The minimum Gasteiger partial charge on any atom is -0.508 e. The summed E-state index contributed by atoms with van der Waals surface area (Å²) in [6.07, 6.45) is 0.632. The number of hydrogen-bond acceptors (Lipinski definition) is 5. The summed E-state index contributed by atoms with van der Waals surface area (Å²) in [5, 5.41) is 20.2. The quantitative estimate of drug-likeness (QED) is 0.764. The summed E-state index contributed by atoms with van der Waals surface area (Å²) in [4.78, 5) is 14.7. The topological polar surface area (TPSA) is 90.5 Å². The van der Waals surface area contributed by atoms with Crippen molar-refractivity contribution in [1.82, 2.24) is 20.4 Å². The molecule has 0 saturated carbocycles. The highest BCUT2D eigenvalue weighted by Gasteiger charge is 2.30. The van der Waals surface area contributed by atoms with Crippen LogP contribution in [-0.4, -0.2) is 52.4 Å². The number of morpholine rings is 1. The maximum absolute atomic E-state index is 12.9. The molecule has 1 amide bonds. The van der Waals surface area contributed by atoms with Crippen molar-refractivity contribution < 1.29 is 14.6 Å². The number of ether oxygens (including phenoxy) is 1. The molecular formula is C17H20N4O3. The molecule has 1 saturated heterocycles. The molecule has 4 rings (SSSR count). The second-order valence-corrected chi connectivity index (χ2v) is 6.16. The Kier molecular flexibility index (Phi) is 3.95. The van der Waals surface area contributed by atoms with E-state index in [1.807, 2.05) is 6.07 Å². The number of aromatic hydroxyl groups is 1. The number of carbonyl (C=O) groups excluding carboxylic acids is 1. The number of H-pyrrole nitrogens is 1. The van der Waals surface area contributed by atoms with E-state index in [0.717, 1.165) is 29.8 Å². The molecule has 0 radical (unpaired) electrons. The second-order valence-electron chi connectivity index (χ2n) is 6.16. The van der Waals surface area contributed by atoms with Gasteiger partial charge in [0.25, 0.3) is 5.91 Å². The number of phenols is 1. The number of rotatable bonds is 2. The lowest BCUT2D eigenvalue weighted by atomic mass is 10.0. The van der Waals surface area contributed by atoms with E-state index in [1.165, 1.54) is 0 Å². The first-order valence-electron chi connectivity index (χ1n) is 8.19. The van der Waals surface area contributed by atoms with Crippen molar-refractivity contribution >= 4 is 5.91 Å². The van der Waals surface area contributed by atoms with E-state index < -0.39 is 0 Å². The Balaban J connectivity index is 1.54. The van der Waals surface area contributed by atoms with Crippen LogP contribution in [0.5, 0.6) is 5.75 Å². The number of aromatic nitrogens is 2. The summed E-state index contributed by atoms with van der Waals surface area (Å²) >= 11 is 0. The lowest BCUT2D eigenvalue weighted by molar-refractivity contribution is -0.0231. The van der Waals surface area contributed by atoms with Gasteiger partial charge in [-0.25, -0.2) is 0 Å². The summed E-state index contributed by atoms with van der Waals surface area (Å²) in [5.41, 5.74) is 3.41. The average Bonchev–Trinajstić information content (AvgIpc) is 3.05. The number of carbonyl (C=O) groups is 1. The highest BCUT2D eigenvalue weighted by Crippen LogP contribution is 2.26. The summed E-state index contributed by atoms with van der Waals surface area (Å²) in [7, 11) is 0. The van der Waals surface area contributed by atoms with Gasteiger partial charge in [0.05, 0.1) is 13.2 Å². The molecule has 7 nitrogen and oxygen atoms in total. The zero-order chi connectivity index (χ0) is 16.5. The van der Waals surface area contributed by atoms with E-state index in [-0.39, 0.29) is 17.8 Å². The molecule has 126 valence electrons. The predicted octanol–water partition coefficient (Wildman–Crippen LogP) is 0.975. The van der Waals surface area contributed by atoms with Crippen molar-refractivity contribution in [2.24, 2.45) is 0 Å². The predicted molar refractivity (Wildman–Crippen MR) is 86.7 cm³/mol. The van der Waals surface area contributed by atoms with Crippen LogP contribution in [0.2, 0.25) is 0 Å². The number of nitrogens with zero attached hydrogens (tertiary/aromatic N) is 2. The molecule has 1 aromatic carbocycles. The number of fused-ring (bicyclic) bond motifs is 1. The van der Waals surface area contributed by atoms with Crippen molar-refractivity contribution in [2.75, 3.05) is 26.2 Å². The third kappa shape index (κ3) is 2.76. The summed E-state index contributed by atoms with van der Waals surface area (Å²) < 4.78 is 5.78. The van der Waals surface area contributed by atoms with Crippen LogP contribution in [0.4, 0.5) is 0 Å². The lowest BCUT2D eigenvalue weighted by Crippen LogP contribution is -2.43. The van der Waals surface area contributed by atoms with Crippen molar-refractivity contribution in [3.05, 3.63) is 46.8 Å². The van der Waals surface area contributed by atoms with Gasteiger partial charge in [-0.05, 0) is 17.7 Å². The van der Waals surface area contributed by atoms with Crippen LogP contribution in [0.15, 0.2) is 24.3 Å². The Hall–Kier alpha value is -2.38. The molecule has 2 aliphatic heterocycles. The highest BCUT2D eigenvalue weighted by atomic mass is 16.5. The van der Waals surface area contributed by atoms with Gasteiger partial charge in [-0.2, -0.15) is 5.10 Å². The number of phenolic OH excluding ortho intramolecular Hbond substituents is 1. The molecule has 1 fully saturated rings. The minimum absolute atomic E-state index is 0.0651. The summed E-state index contributed by atoms with van der Waals surface area (Å²) in [6.45, 7) is 3.05. The third-order valence-electron chi connectivity index (χ3n) is 4.60. The van der Waals surface area contributed by atoms with Gasteiger partial charge in [-0.1, -0.05) is 12.1 Å². The van der Waals surface area contributed by atoms with Gasteiger partial charge in [0.2, 0.25) is 0 Å². The van der Waals surface area contributed by atoms with Crippen LogP contribution in [0.25, 0.3) is 0 Å². The Morgan fingerprint density at radius 1 is 1.42 bits per heavy atom. The fourth-order valence-electron chi connectivity index (χ4n) is 3.31. The molecule has 7 heteroatoms. The van der Waals surface area contributed by atoms with Crippen LogP contribution in [0.3, 0.4) is 0 Å². The number of amides is 1. The summed E-state index contributed by atoms with van der Waals surface area (Å²) in [6, 6.07) is 6.99. The van der Waals surface area contributed by atoms with Crippen molar-refractivity contribution in [2.45, 2.75) is 19.1 Å². The van der Waals surface area contributed by atoms with Crippen LogP contribution in [-0.2, 0) is 17.7 Å². The van der Waals surface area contributed by atoms with Gasteiger partial charge in [0.1, 0.15) is 11.9 Å². The number of benzene rings is 1. The van der Waals surface area contributed by atoms with Crippen molar-refractivity contribution in [3.63, 3.8) is 0 Å². The van der Waals surface area contributed by atoms with Gasteiger partial charge < -0.3 is 20.1 Å². The zero-order valence-electron chi connectivity index (χ0n) is 13.3. The Morgan fingerprint density at radius 3 is 3.21 bits per heavy atom. The zero-order valence-corrected chi connectivity index (χ0v) is 13.3. The largest absolute Gasteiger partial charge is 0.508 e. The fourth-order valence-corrected chi connectivity index (χ4v) is 3.31. The molecule has 24 heavy (non-hydrogen) atoms. The highest BCUT2D eigenvalue weighted by molar-refractivity contribution is 5.94. The van der Waals surface area contributed by atoms with E-state index in [2.05, 4.69) is 15.5 Å². The van der Waals surface area contributed by atoms with Gasteiger partial charge in [0, 0.05) is 37.3 Å².